The Morgan fingerprint density at radius 1 is 1.27 bits per heavy atom. The molecule has 0 amide bonds. The van der Waals surface area contributed by atoms with E-state index in [9.17, 15) is 23.5 Å². The van der Waals surface area contributed by atoms with Gasteiger partial charge >= 0.3 is 5.97 Å². The van der Waals surface area contributed by atoms with Crippen LogP contribution in [-0.2, 0) is 0 Å². The molecule has 4 rings (SSSR count). The van der Waals surface area contributed by atoms with E-state index in [4.69, 9.17) is 0 Å². The number of pyridine rings is 1. The average Bonchev–Trinajstić information content (AvgIpc) is 3.22. The predicted molar refractivity (Wildman–Crippen MR) is 121 cm³/mol. The fourth-order valence-corrected chi connectivity index (χ4v) is 4.50. The van der Waals surface area contributed by atoms with E-state index in [1.54, 1.807) is 0 Å². The number of aromatic nitrogens is 1. The average molecular weight is 457 g/mol. The van der Waals surface area contributed by atoms with Crippen LogP contribution in [0.2, 0.25) is 0 Å². The van der Waals surface area contributed by atoms with Crippen molar-refractivity contribution in [1.29, 1.82) is 0 Å². The molecule has 3 aromatic rings. The first-order chi connectivity index (χ1) is 15.8. The molecule has 0 radical (unpaired) electrons. The number of carboxylic acids is 1. The van der Waals surface area contributed by atoms with E-state index in [-0.39, 0.29) is 33.8 Å². The van der Waals surface area contributed by atoms with Crippen LogP contribution in [0.25, 0.3) is 22.7 Å². The largest absolute Gasteiger partial charge is 0.477 e. The Hall–Kier alpha value is -3.59. The molecule has 0 saturated carbocycles. The number of carboxylic acid groups (broad SMARTS) is 1. The third kappa shape index (κ3) is 3.89. The lowest BCUT2D eigenvalue weighted by Gasteiger charge is -2.25. The highest BCUT2D eigenvalue weighted by Gasteiger charge is 2.29. The van der Waals surface area contributed by atoms with Gasteiger partial charge in [-0.3, -0.25) is 4.79 Å². The minimum absolute atomic E-state index is 0.0963. The minimum Gasteiger partial charge on any atom is -0.477 e. The number of nitrogens with zero attached hydrogens (tertiary/aromatic N) is 2. The highest BCUT2D eigenvalue weighted by molar-refractivity contribution is 5.99. The lowest BCUT2D eigenvalue weighted by molar-refractivity contribution is 0.0695. The second-order valence-electron chi connectivity index (χ2n) is 8.02. The van der Waals surface area contributed by atoms with Gasteiger partial charge in [-0.25, -0.2) is 18.0 Å². The molecule has 172 valence electrons. The molecule has 6 nitrogen and oxygen atoms in total. The lowest BCUT2D eigenvalue weighted by atomic mass is 10.0. The quantitative estimate of drug-likeness (QED) is 0.589. The first-order valence-corrected chi connectivity index (χ1v) is 10.4. The maximum Gasteiger partial charge on any atom is 0.341 e. The Bertz CT molecular complexity index is 1340. The smallest absolute Gasteiger partial charge is 0.341 e. The van der Waals surface area contributed by atoms with Crippen molar-refractivity contribution in [1.82, 2.24) is 9.88 Å². The van der Waals surface area contributed by atoms with E-state index in [0.717, 1.165) is 41.9 Å². The number of fused-ring (bicyclic) bond motifs is 1. The first-order valence-electron chi connectivity index (χ1n) is 10.4. The molecule has 1 aromatic heterocycles. The van der Waals surface area contributed by atoms with Crippen molar-refractivity contribution >= 4 is 28.6 Å². The highest BCUT2D eigenvalue weighted by atomic mass is 19.1. The number of hydrogen-bond donors (Lipinski definition) is 2. The fourth-order valence-electron chi connectivity index (χ4n) is 4.50. The van der Waals surface area contributed by atoms with Crippen molar-refractivity contribution in [3.05, 3.63) is 75.8 Å². The number of aromatic carboxylic acids is 1. The van der Waals surface area contributed by atoms with E-state index in [1.807, 2.05) is 11.9 Å². The molecule has 1 aliphatic rings. The third-order valence-corrected chi connectivity index (χ3v) is 5.95. The standard InChI is InChI=1S/C24H22F3N3O3/c1-3-15-21-16(9-19(27)22(15)29-7-6-13(11-29)10-28-2)23(31)17(24(32)33)12-30(21)20-5-4-14(25)8-18(20)26/h3-5,8-9,12-13,28H,1,6-7,10-11H2,2H3,(H,32,33). The third-order valence-electron chi connectivity index (χ3n) is 5.95. The molecule has 1 fully saturated rings. The Morgan fingerprint density at radius 2 is 2.03 bits per heavy atom. The monoisotopic (exact) mass is 457 g/mol. The van der Waals surface area contributed by atoms with Crippen LogP contribution >= 0.6 is 0 Å². The van der Waals surface area contributed by atoms with E-state index in [2.05, 4.69) is 11.9 Å². The molecular weight excluding hydrogens is 435 g/mol. The zero-order chi connectivity index (χ0) is 23.9. The molecule has 1 saturated heterocycles. The van der Waals surface area contributed by atoms with Gasteiger partial charge in [-0.1, -0.05) is 12.7 Å². The van der Waals surface area contributed by atoms with E-state index < -0.39 is 34.4 Å². The van der Waals surface area contributed by atoms with Crippen molar-refractivity contribution in [2.24, 2.45) is 5.92 Å². The normalized spacial score (nSPS) is 15.9. The van der Waals surface area contributed by atoms with Crippen LogP contribution in [0.1, 0.15) is 22.3 Å². The number of rotatable bonds is 6. The Balaban J connectivity index is 2.08. The Labute approximate surface area is 187 Å². The van der Waals surface area contributed by atoms with Crippen molar-refractivity contribution in [2.45, 2.75) is 6.42 Å². The number of benzene rings is 2. The van der Waals surface area contributed by atoms with E-state index in [1.165, 1.54) is 6.08 Å². The van der Waals surface area contributed by atoms with Crippen LogP contribution in [0.3, 0.4) is 0 Å². The van der Waals surface area contributed by atoms with Gasteiger partial charge in [0.1, 0.15) is 23.0 Å². The minimum atomic E-state index is -1.54. The predicted octanol–water partition coefficient (Wildman–Crippen LogP) is 3.79. The fraction of sp³-hybridized carbons (Fsp3) is 0.250. The van der Waals surface area contributed by atoms with Crippen molar-refractivity contribution in [3.63, 3.8) is 0 Å². The summed E-state index contributed by atoms with van der Waals surface area (Å²) in [5.41, 5.74) is -1.22. The van der Waals surface area contributed by atoms with Crippen LogP contribution in [0.4, 0.5) is 18.9 Å². The van der Waals surface area contributed by atoms with Crippen LogP contribution in [-0.4, -0.2) is 42.3 Å². The molecule has 2 heterocycles. The Morgan fingerprint density at radius 3 is 2.67 bits per heavy atom. The van der Waals surface area contributed by atoms with Gasteiger partial charge in [-0.05, 0) is 44.1 Å². The number of carbonyl (C=O) groups is 1. The van der Waals surface area contributed by atoms with Gasteiger partial charge in [0, 0.05) is 30.9 Å². The summed E-state index contributed by atoms with van der Waals surface area (Å²) in [6, 6.07) is 3.79. The molecule has 1 unspecified atom stereocenters. The molecule has 9 heteroatoms. The first kappa shape index (κ1) is 22.6. The van der Waals surface area contributed by atoms with Crippen LogP contribution in [0, 0.1) is 23.4 Å². The lowest BCUT2D eigenvalue weighted by Crippen LogP contribution is -2.26. The van der Waals surface area contributed by atoms with Gasteiger partial charge in [0.15, 0.2) is 0 Å². The maximum atomic E-state index is 15.4. The van der Waals surface area contributed by atoms with E-state index in [0.29, 0.717) is 19.2 Å². The van der Waals surface area contributed by atoms with Crippen molar-refractivity contribution < 1.29 is 23.1 Å². The summed E-state index contributed by atoms with van der Waals surface area (Å²) >= 11 is 0. The molecule has 0 spiro atoms. The summed E-state index contributed by atoms with van der Waals surface area (Å²) in [4.78, 5) is 26.5. The van der Waals surface area contributed by atoms with Crippen LogP contribution < -0.4 is 15.6 Å². The maximum absolute atomic E-state index is 15.4. The highest BCUT2D eigenvalue weighted by Crippen LogP contribution is 2.36. The molecule has 1 aliphatic heterocycles. The topological polar surface area (TPSA) is 74.6 Å². The zero-order valence-corrected chi connectivity index (χ0v) is 17.9. The molecule has 33 heavy (non-hydrogen) atoms. The summed E-state index contributed by atoms with van der Waals surface area (Å²) < 4.78 is 44.8. The van der Waals surface area contributed by atoms with Gasteiger partial charge in [0.05, 0.1) is 22.3 Å². The van der Waals surface area contributed by atoms with E-state index >= 15 is 4.39 Å². The second-order valence-corrected chi connectivity index (χ2v) is 8.02. The molecule has 0 aliphatic carbocycles. The SMILES string of the molecule is C=Cc1c(N2CCC(CNC)C2)c(F)cc2c(=O)c(C(=O)O)cn(-c3ccc(F)cc3F)c12. The van der Waals surface area contributed by atoms with Gasteiger partial charge < -0.3 is 19.9 Å². The summed E-state index contributed by atoms with van der Waals surface area (Å²) in [6.07, 6.45) is 3.17. The molecule has 1 atom stereocenters. The van der Waals surface area contributed by atoms with Gasteiger partial charge in [-0.15, -0.1) is 0 Å². The van der Waals surface area contributed by atoms with Gasteiger partial charge in [-0.2, -0.15) is 0 Å². The number of anilines is 1. The summed E-state index contributed by atoms with van der Waals surface area (Å²) in [5, 5.41) is 12.4. The number of hydrogen-bond acceptors (Lipinski definition) is 4. The van der Waals surface area contributed by atoms with Gasteiger partial charge in [0.2, 0.25) is 5.43 Å². The Kier molecular flexibility index (Phi) is 5.99. The molecule has 2 aromatic carbocycles. The summed E-state index contributed by atoms with van der Waals surface area (Å²) in [5.74, 6) is -3.74. The van der Waals surface area contributed by atoms with Crippen molar-refractivity contribution in [2.75, 3.05) is 31.6 Å². The second kappa shape index (κ2) is 8.74. The van der Waals surface area contributed by atoms with Crippen LogP contribution in [0.5, 0.6) is 0 Å². The van der Waals surface area contributed by atoms with Crippen LogP contribution in [0.15, 0.2) is 41.8 Å². The molecule has 0 bridgehead atoms. The number of nitrogens with one attached hydrogen (secondary N) is 1. The van der Waals surface area contributed by atoms with Crippen molar-refractivity contribution in [3.8, 4) is 5.69 Å². The summed E-state index contributed by atoms with van der Waals surface area (Å²) in [6.45, 7) is 5.66. The zero-order valence-electron chi connectivity index (χ0n) is 17.9. The molecule has 2 N–H and O–H groups in total. The van der Waals surface area contributed by atoms with Gasteiger partial charge in [0.25, 0.3) is 0 Å². The molecular formula is C24H22F3N3O3. The number of halogens is 3. The summed E-state index contributed by atoms with van der Waals surface area (Å²) in [7, 11) is 1.84.